The third-order valence-corrected chi connectivity index (χ3v) is 5.25. The van der Waals surface area contributed by atoms with Crippen LogP contribution in [0, 0.1) is 0 Å². The van der Waals surface area contributed by atoms with Gasteiger partial charge in [0.05, 0.1) is 6.61 Å². The minimum atomic E-state index is -4.60. The van der Waals surface area contributed by atoms with Crippen LogP contribution >= 0.6 is 23.2 Å². The number of alkyl halides is 3. The number of aliphatic hydroxyl groups excluding tert-OH is 2. The van der Waals surface area contributed by atoms with E-state index in [0.717, 1.165) is 31.5 Å². The van der Waals surface area contributed by atoms with Crippen LogP contribution in [0.15, 0.2) is 18.2 Å². The molecule has 0 unspecified atom stereocenters. The summed E-state index contributed by atoms with van der Waals surface area (Å²) in [5.41, 5.74) is 0.849. The van der Waals surface area contributed by atoms with Crippen LogP contribution < -0.4 is 5.32 Å². The maximum atomic E-state index is 12.2. The Morgan fingerprint density at radius 3 is 2.12 bits per heavy atom. The normalized spacial score (nSPS) is 16.6. The van der Waals surface area contributed by atoms with Crippen molar-refractivity contribution in [1.82, 2.24) is 10.2 Å². The Morgan fingerprint density at radius 1 is 1.12 bits per heavy atom. The molecule has 0 radical (unpaired) electrons. The first-order valence-corrected chi connectivity index (χ1v) is 10.5. The number of nitrogens with one attached hydrogen (secondary N) is 1. The van der Waals surface area contributed by atoms with E-state index in [1.165, 1.54) is 0 Å². The van der Waals surface area contributed by atoms with Crippen LogP contribution in [0.25, 0.3) is 0 Å². The lowest BCUT2D eigenvalue weighted by Crippen LogP contribution is -2.44. The molecule has 2 rings (SSSR count). The number of carboxylic acids is 2. The highest BCUT2D eigenvalue weighted by Crippen LogP contribution is 2.25. The fourth-order valence-corrected chi connectivity index (χ4v) is 3.45. The Hall–Kier alpha value is -1.67. The first-order valence-electron chi connectivity index (χ1n) is 9.73. The van der Waals surface area contributed by atoms with E-state index in [1.54, 1.807) is 12.1 Å². The molecule has 1 aliphatic rings. The summed E-state index contributed by atoms with van der Waals surface area (Å²) in [6.07, 6.45) is -7.36. The van der Waals surface area contributed by atoms with Crippen LogP contribution in [0.1, 0.15) is 18.4 Å². The zero-order valence-electron chi connectivity index (χ0n) is 17.3. The first-order chi connectivity index (χ1) is 15.3. The average Bonchev–Trinajstić information content (AvgIpc) is 2.73. The first kappa shape index (κ1) is 29.4. The van der Waals surface area contributed by atoms with Crippen LogP contribution in [-0.4, -0.2) is 88.1 Å². The van der Waals surface area contributed by atoms with Gasteiger partial charge in [-0.05, 0) is 43.6 Å². The minimum absolute atomic E-state index is 0.198. The Labute approximate surface area is 197 Å². The van der Waals surface area contributed by atoms with Gasteiger partial charge in [-0.1, -0.05) is 29.3 Å². The zero-order valence-corrected chi connectivity index (χ0v) is 18.8. The number of ether oxygens (including phenoxy) is 1. The second kappa shape index (κ2) is 13.9. The average molecular weight is 521 g/mol. The summed E-state index contributed by atoms with van der Waals surface area (Å²) in [4.78, 5) is 21.5. The van der Waals surface area contributed by atoms with Gasteiger partial charge in [0.15, 0.2) is 12.2 Å². The summed E-state index contributed by atoms with van der Waals surface area (Å²) in [5, 5.41) is 36.8. The largest absolute Gasteiger partial charge is 0.522 e. The van der Waals surface area contributed by atoms with Crippen molar-refractivity contribution in [3.05, 3.63) is 33.8 Å². The van der Waals surface area contributed by atoms with Gasteiger partial charge in [-0.15, -0.1) is 13.2 Å². The smallest absolute Gasteiger partial charge is 0.479 e. The number of halogens is 5. The van der Waals surface area contributed by atoms with Gasteiger partial charge in [-0.3, -0.25) is 9.64 Å². The predicted molar refractivity (Wildman–Crippen MR) is 112 cm³/mol. The third-order valence-electron chi connectivity index (χ3n) is 4.66. The van der Waals surface area contributed by atoms with Gasteiger partial charge in [-0.2, -0.15) is 0 Å². The van der Waals surface area contributed by atoms with Gasteiger partial charge in [0.25, 0.3) is 0 Å². The van der Waals surface area contributed by atoms with Gasteiger partial charge in [-0.25, -0.2) is 9.59 Å². The van der Waals surface area contributed by atoms with E-state index in [1.807, 2.05) is 11.0 Å². The van der Waals surface area contributed by atoms with E-state index in [9.17, 15) is 22.8 Å². The van der Waals surface area contributed by atoms with Crippen LogP contribution in [0.3, 0.4) is 0 Å². The lowest BCUT2D eigenvalue weighted by Gasteiger charge is -2.35. The number of rotatable bonds is 9. The van der Waals surface area contributed by atoms with Crippen LogP contribution in [0.4, 0.5) is 13.2 Å². The molecule has 5 N–H and O–H groups in total. The third kappa shape index (κ3) is 11.3. The molecule has 1 aromatic rings. The highest BCUT2D eigenvalue weighted by molar-refractivity contribution is 6.35. The SMILES string of the molecule is FC(F)(F)OCCN(Cc1ccc(Cl)cc1Cl)C1CCNCC1.O=C(O)[C@H](O)[C@@H](O)C(=O)O. The number of piperidine rings is 1. The number of hydrogen-bond donors (Lipinski definition) is 5. The summed E-state index contributed by atoms with van der Waals surface area (Å²) >= 11 is 12.1. The predicted octanol–water partition coefficient (Wildman–Crippen LogP) is 1.96. The van der Waals surface area contributed by atoms with Gasteiger partial charge in [0, 0.05) is 29.2 Å². The van der Waals surface area contributed by atoms with Crippen LogP contribution in [0.5, 0.6) is 0 Å². The Morgan fingerprint density at radius 2 is 1.67 bits per heavy atom. The summed E-state index contributed by atoms with van der Waals surface area (Å²) < 4.78 is 40.5. The number of aliphatic carboxylic acids is 2. The number of carboxylic acid groups (broad SMARTS) is 2. The second-order valence-electron chi connectivity index (χ2n) is 7.05. The molecule has 14 heteroatoms. The Bertz CT molecular complexity index is 762. The van der Waals surface area contributed by atoms with E-state index < -0.39 is 37.1 Å². The van der Waals surface area contributed by atoms with Crippen LogP contribution in [0.2, 0.25) is 10.0 Å². The summed E-state index contributed by atoms with van der Waals surface area (Å²) in [5.74, 6) is -3.54. The molecule has 1 aromatic carbocycles. The minimum Gasteiger partial charge on any atom is -0.479 e. The van der Waals surface area contributed by atoms with Crippen molar-refractivity contribution in [2.24, 2.45) is 0 Å². The van der Waals surface area contributed by atoms with Crippen molar-refractivity contribution in [3.8, 4) is 0 Å². The van der Waals surface area contributed by atoms with E-state index >= 15 is 0 Å². The molecule has 0 aromatic heterocycles. The Balaban J connectivity index is 0.000000461. The van der Waals surface area contributed by atoms with E-state index in [2.05, 4.69) is 10.1 Å². The number of aliphatic hydroxyl groups is 2. The maximum absolute atomic E-state index is 12.2. The number of carbonyl (C=O) groups is 2. The molecule has 1 saturated heterocycles. The van der Waals surface area contributed by atoms with Gasteiger partial charge in [0.2, 0.25) is 0 Å². The molecule has 188 valence electrons. The van der Waals surface area contributed by atoms with Gasteiger partial charge < -0.3 is 25.7 Å². The van der Waals surface area contributed by atoms with Crippen molar-refractivity contribution in [1.29, 1.82) is 0 Å². The number of hydrogen-bond acceptors (Lipinski definition) is 7. The molecule has 2 atom stereocenters. The highest BCUT2D eigenvalue weighted by Gasteiger charge is 2.30. The summed E-state index contributed by atoms with van der Waals surface area (Å²) in [7, 11) is 0. The molecular formula is C19H25Cl2F3N2O7. The number of benzene rings is 1. The maximum Gasteiger partial charge on any atom is 0.522 e. The van der Waals surface area contributed by atoms with E-state index in [-0.39, 0.29) is 12.6 Å². The van der Waals surface area contributed by atoms with Crippen molar-refractivity contribution in [3.63, 3.8) is 0 Å². The number of nitrogens with zero attached hydrogens (tertiary/aromatic N) is 1. The van der Waals surface area contributed by atoms with Crippen LogP contribution in [-0.2, 0) is 20.9 Å². The molecular weight excluding hydrogens is 496 g/mol. The summed E-state index contributed by atoms with van der Waals surface area (Å²) in [6.45, 7) is 1.99. The monoisotopic (exact) mass is 520 g/mol. The Kier molecular flexibility index (Phi) is 12.4. The lowest BCUT2D eigenvalue weighted by atomic mass is 10.0. The standard InChI is InChI=1S/C15H19Cl2F3N2O.C4H6O6/c16-12-2-1-11(14(17)9-12)10-22(7-8-23-15(18,19)20)13-3-5-21-6-4-13;5-1(3(7)8)2(6)4(9)10/h1-2,9,13,21H,3-8,10H2;1-2,5-6H,(H,7,8)(H,9,10)/t;1-,2-/m.1/s1. The van der Waals surface area contributed by atoms with Gasteiger partial charge in [0.1, 0.15) is 0 Å². The molecule has 1 fully saturated rings. The lowest BCUT2D eigenvalue weighted by molar-refractivity contribution is -0.325. The highest BCUT2D eigenvalue weighted by atomic mass is 35.5. The van der Waals surface area contributed by atoms with Crippen molar-refractivity contribution < 1.29 is 47.9 Å². The molecule has 0 saturated carbocycles. The molecule has 1 heterocycles. The van der Waals surface area contributed by atoms with Crippen molar-refractivity contribution in [2.45, 2.75) is 44.0 Å². The quantitative estimate of drug-likeness (QED) is 0.330. The van der Waals surface area contributed by atoms with Crippen molar-refractivity contribution >= 4 is 35.1 Å². The topological polar surface area (TPSA) is 140 Å². The molecule has 0 spiro atoms. The molecule has 1 aliphatic heterocycles. The van der Waals surface area contributed by atoms with Crippen molar-refractivity contribution in [2.75, 3.05) is 26.2 Å². The molecule has 0 amide bonds. The fourth-order valence-electron chi connectivity index (χ4n) is 2.98. The summed E-state index contributed by atoms with van der Waals surface area (Å²) in [6, 6.07) is 5.39. The fraction of sp³-hybridized carbons (Fsp3) is 0.579. The van der Waals surface area contributed by atoms with E-state index in [0.29, 0.717) is 16.6 Å². The molecule has 33 heavy (non-hydrogen) atoms. The zero-order chi connectivity index (χ0) is 25.2. The second-order valence-corrected chi connectivity index (χ2v) is 7.89. The van der Waals surface area contributed by atoms with E-state index in [4.69, 9.17) is 43.6 Å². The van der Waals surface area contributed by atoms with Gasteiger partial charge >= 0.3 is 18.3 Å². The molecule has 9 nitrogen and oxygen atoms in total. The molecule has 0 bridgehead atoms. The molecule has 0 aliphatic carbocycles.